The lowest BCUT2D eigenvalue weighted by Gasteiger charge is -2.37. The lowest BCUT2D eigenvalue weighted by atomic mass is 9.73. The zero-order valence-corrected chi connectivity index (χ0v) is 11.6. The number of nitrogens with zero attached hydrogens (tertiary/aromatic N) is 1. The van der Waals surface area contributed by atoms with Gasteiger partial charge < -0.3 is 9.64 Å². The number of hydrogen-bond acceptors (Lipinski definition) is 2. The fourth-order valence-electron chi connectivity index (χ4n) is 2.78. The molecule has 1 aliphatic heterocycles. The number of benzene rings is 1. The molecular weight excluding hydrogens is 222 g/mol. The third-order valence-corrected chi connectivity index (χ3v) is 3.90. The van der Waals surface area contributed by atoms with Crippen LogP contribution in [0.4, 0.5) is 0 Å². The van der Waals surface area contributed by atoms with E-state index in [0.29, 0.717) is 0 Å². The molecule has 2 rings (SSSR count). The topological polar surface area (TPSA) is 12.5 Å². The van der Waals surface area contributed by atoms with E-state index in [4.69, 9.17) is 4.74 Å². The molecule has 0 saturated heterocycles. The van der Waals surface area contributed by atoms with Gasteiger partial charge in [0.2, 0.25) is 0 Å². The minimum Gasteiger partial charge on any atom is -0.497 e. The first kappa shape index (κ1) is 13.0. The molecule has 1 aromatic carbocycles. The lowest BCUT2D eigenvalue weighted by molar-refractivity contribution is 0.326. The van der Waals surface area contributed by atoms with Gasteiger partial charge in [-0.1, -0.05) is 31.6 Å². The monoisotopic (exact) mass is 245 g/mol. The second kappa shape index (κ2) is 5.47. The number of methoxy groups -OCH3 is 1. The molecule has 0 aromatic heterocycles. The molecule has 1 heterocycles. The molecule has 0 bridgehead atoms. The molecule has 1 atom stereocenters. The van der Waals surface area contributed by atoms with Crippen molar-refractivity contribution in [2.75, 3.05) is 20.7 Å². The standard InChI is InChI=1S/C16H23NO/c1-4-8-16(9-11-17(2)12-10-16)14-6-5-7-15(13-14)18-3/h5-7,9,11,13H,4,8,10,12H2,1-3H3. The molecule has 2 heteroatoms. The summed E-state index contributed by atoms with van der Waals surface area (Å²) in [7, 11) is 3.87. The molecule has 0 aliphatic carbocycles. The van der Waals surface area contributed by atoms with Crippen LogP contribution in [0.2, 0.25) is 0 Å². The van der Waals surface area contributed by atoms with Crippen molar-refractivity contribution in [1.82, 2.24) is 4.90 Å². The van der Waals surface area contributed by atoms with Crippen molar-refractivity contribution in [2.45, 2.75) is 31.6 Å². The minimum absolute atomic E-state index is 0.190. The lowest BCUT2D eigenvalue weighted by Crippen LogP contribution is -2.33. The second-order valence-corrected chi connectivity index (χ2v) is 5.18. The molecule has 1 unspecified atom stereocenters. The summed E-state index contributed by atoms with van der Waals surface area (Å²) < 4.78 is 5.36. The van der Waals surface area contributed by atoms with E-state index in [9.17, 15) is 0 Å². The van der Waals surface area contributed by atoms with Crippen molar-refractivity contribution in [1.29, 1.82) is 0 Å². The first-order chi connectivity index (χ1) is 8.70. The summed E-state index contributed by atoms with van der Waals surface area (Å²) >= 11 is 0. The van der Waals surface area contributed by atoms with Gasteiger partial charge in [0.25, 0.3) is 0 Å². The van der Waals surface area contributed by atoms with E-state index in [2.05, 4.69) is 49.3 Å². The van der Waals surface area contributed by atoms with Gasteiger partial charge in [0.1, 0.15) is 5.75 Å². The van der Waals surface area contributed by atoms with Crippen molar-refractivity contribution in [3.05, 3.63) is 42.1 Å². The van der Waals surface area contributed by atoms with Crippen molar-refractivity contribution >= 4 is 0 Å². The highest BCUT2D eigenvalue weighted by Crippen LogP contribution is 2.38. The van der Waals surface area contributed by atoms with Crippen LogP contribution in [0.15, 0.2) is 36.5 Å². The summed E-state index contributed by atoms with van der Waals surface area (Å²) in [6.07, 6.45) is 8.17. The Morgan fingerprint density at radius 3 is 2.83 bits per heavy atom. The van der Waals surface area contributed by atoms with Gasteiger partial charge in [0.15, 0.2) is 0 Å². The normalized spacial score (nSPS) is 23.2. The molecule has 0 radical (unpaired) electrons. The molecule has 1 aromatic rings. The molecule has 1 aliphatic rings. The van der Waals surface area contributed by atoms with Crippen molar-refractivity contribution < 1.29 is 4.74 Å². The number of rotatable bonds is 4. The Kier molecular flexibility index (Phi) is 3.95. The van der Waals surface area contributed by atoms with Gasteiger partial charge >= 0.3 is 0 Å². The summed E-state index contributed by atoms with van der Waals surface area (Å²) in [5, 5.41) is 0. The van der Waals surface area contributed by atoms with Gasteiger partial charge in [-0.3, -0.25) is 0 Å². The van der Waals surface area contributed by atoms with E-state index in [1.807, 2.05) is 6.07 Å². The first-order valence-electron chi connectivity index (χ1n) is 6.74. The van der Waals surface area contributed by atoms with Crippen molar-refractivity contribution in [3.8, 4) is 5.75 Å². The summed E-state index contributed by atoms with van der Waals surface area (Å²) in [6, 6.07) is 8.53. The van der Waals surface area contributed by atoms with E-state index >= 15 is 0 Å². The van der Waals surface area contributed by atoms with Crippen LogP contribution in [0, 0.1) is 0 Å². The van der Waals surface area contributed by atoms with Gasteiger partial charge in [-0.2, -0.15) is 0 Å². The zero-order chi connectivity index (χ0) is 13.0. The zero-order valence-electron chi connectivity index (χ0n) is 11.6. The summed E-state index contributed by atoms with van der Waals surface area (Å²) in [4.78, 5) is 2.26. The maximum absolute atomic E-state index is 5.36. The predicted molar refractivity (Wildman–Crippen MR) is 76.0 cm³/mol. The first-order valence-corrected chi connectivity index (χ1v) is 6.74. The Balaban J connectivity index is 2.37. The molecule has 0 spiro atoms. The Hall–Kier alpha value is -1.44. The Bertz CT molecular complexity index is 427. The van der Waals surface area contributed by atoms with Gasteiger partial charge in [-0.25, -0.2) is 0 Å². The van der Waals surface area contributed by atoms with Crippen molar-refractivity contribution in [2.24, 2.45) is 0 Å². The van der Waals surface area contributed by atoms with Crippen LogP contribution in [0.5, 0.6) is 5.75 Å². The van der Waals surface area contributed by atoms with Gasteiger partial charge in [0, 0.05) is 19.0 Å². The Morgan fingerprint density at radius 1 is 1.39 bits per heavy atom. The average molecular weight is 245 g/mol. The summed E-state index contributed by atoms with van der Waals surface area (Å²) in [5.41, 5.74) is 1.57. The SMILES string of the molecule is CCCC1(c2cccc(OC)c2)C=CN(C)CC1. The smallest absolute Gasteiger partial charge is 0.119 e. The van der Waals surface area contributed by atoms with Crippen molar-refractivity contribution in [3.63, 3.8) is 0 Å². The van der Waals surface area contributed by atoms with Crippen LogP contribution >= 0.6 is 0 Å². The Morgan fingerprint density at radius 2 is 2.22 bits per heavy atom. The highest BCUT2D eigenvalue weighted by Gasteiger charge is 2.31. The molecule has 2 nitrogen and oxygen atoms in total. The van der Waals surface area contributed by atoms with E-state index in [1.54, 1.807) is 7.11 Å². The van der Waals surface area contributed by atoms with Crippen LogP contribution in [-0.2, 0) is 5.41 Å². The van der Waals surface area contributed by atoms with Crippen LogP contribution in [-0.4, -0.2) is 25.6 Å². The molecule has 0 amide bonds. The molecule has 0 fully saturated rings. The third-order valence-electron chi connectivity index (χ3n) is 3.90. The van der Waals surface area contributed by atoms with Crippen LogP contribution < -0.4 is 4.74 Å². The highest BCUT2D eigenvalue weighted by molar-refractivity contribution is 5.38. The average Bonchev–Trinajstić information content (AvgIpc) is 2.42. The number of hydrogen-bond donors (Lipinski definition) is 0. The van der Waals surface area contributed by atoms with Gasteiger partial charge in [-0.15, -0.1) is 0 Å². The van der Waals surface area contributed by atoms with Gasteiger partial charge in [-0.05, 0) is 36.7 Å². The minimum atomic E-state index is 0.190. The van der Waals surface area contributed by atoms with Gasteiger partial charge in [0.05, 0.1) is 7.11 Å². The largest absolute Gasteiger partial charge is 0.497 e. The Labute approximate surface area is 110 Å². The summed E-state index contributed by atoms with van der Waals surface area (Å²) in [6.45, 7) is 3.38. The molecule has 98 valence electrons. The predicted octanol–water partition coefficient (Wildman–Crippen LogP) is 3.58. The summed E-state index contributed by atoms with van der Waals surface area (Å²) in [5.74, 6) is 0.954. The number of allylic oxidation sites excluding steroid dienone is 1. The number of ether oxygens (including phenoxy) is 1. The maximum atomic E-state index is 5.36. The molecule has 0 N–H and O–H groups in total. The molecule has 18 heavy (non-hydrogen) atoms. The van der Waals surface area contributed by atoms with E-state index in [-0.39, 0.29) is 5.41 Å². The fourth-order valence-corrected chi connectivity index (χ4v) is 2.78. The molecule has 0 saturated carbocycles. The quantitative estimate of drug-likeness (QED) is 0.804. The maximum Gasteiger partial charge on any atom is 0.119 e. The third kappa shape index (κ3) is 2.53. The van der Waals surface area contributed by atoms with Crippen LogP contribution in [0.1, 0.15) is 31.7 Å². The van der Waals surface area contributed by atoms with E-state index in [1.165, 1.54) is 24.8 Å². The van der Waals surface area contributed by atoms with E-state index in [0.717, 1.165) is 12.3 Å². The highest BCUT2D eigenvalue weighted by atomic mass is 16.5. The van der Waals surface area contributed by atoms with Crippen LogP contribution in [0.3, 0.4) is 0 Å². The van der Waals surface area contributed by atoms with E-state index < -0.39 is 0 Å². The second-order valence-electron chi connectivity index (χ2n) is 5.18. The van der Waals surface area contributed by atoms with Crippen LogP contribution in [0.25, 0.3) is 0 Å². The molecular formula is C16H23NO. The fraction of sp³-hybridized carbons (Fsp3) is 0.500.